The molecule has 2 rings (SSSR count). The van der Waals surface area contributed by atoms with Crippen molar-refractivity contribution in [2.75, 3.05) is 12.4 Å². The Morgan fingerprint density at radius 3 is 2.48 bits per heavy atom. The largest absolute Gasteiger partial charge is 0.496 e. The highest BCUT2D eigenvalue weighted by Crippen LogP contribution is 2.24. The van der Waals surface area contributed by atoms with Crippen molar-refractivity contribution in [3.05, 3.63) is 64.1 Å². The van der Waals surface area contributed by atoms with Crippen molar-refractivity contribution in [2.45, 2.75) is 0 Å². The number of methoxy groups -OCH3 is 1. The van der Waals surface area contributed by atoms with Gasteiger partial charge >= 0.3 is 0 Å². The Morgan fingerprint density at radius 1 is 1.17 bits per heavy atom. The molecule has 0 aliphatic rings. The summed E-state index contributed by atoms with van der Waals surface area (Å²) in [5, 5.41) is 2.70. The van der Waals surface area contributed by atoms with Crippen LogP contribution in [-0.4, -0.2) is 18.9 Å². The fourth-order valence-corrected chi connectivity index (χ4v) is 2.28. The predicted molar refractivity (Wildman–Crippen MR) is 93.3 cm³/mol. The summed E-state index contributed by atoms with van der Waals surface area (Å²) in [6, 6.07) is 11.9. The number of ether oxygens (including phenoxy) is 1. The smallest absolute Gasteiger partial charge is 0.248 e. The molecule has 5 nitrogen and oxygen atoms in total. The van der Waals surface area contributed by atoms with E-state index in [-0.39, 0.29) is 5.91 Å². The van der Waals surface area contributed by atoms with Gasteiger partial charge in [-0.3, -0.25) is 9.59 Å². The van der Waals surface area contributed by atoms with E-state index in [0.717, 1.165) is 10.0 Å². The fourth-order valence-electron chi connectivity index (χ4n) is 1.90. The van der Waals surface area contributed by atoms with Gasteiger partial charge in [0.05, 0.1) is 7.11 Å². The first-order chi connectivity index (χ1) is 11.0. The van der Waals surface area contributed by atoms with Gasteiger partial charge in [0.1, 0.15) is 5.75 Å². The van der Waals surface area contributed by atoms with Crippen LogP contribution in [0.3, 0.4) is 0 Å². The van der Waals surface area contributed by atoms with Gasteiger partial charge in [-0.2, -0.15) is 0 Å². The zero-order chi connectivity index (χ0) is 16.8. The van der Waals surface area contributed by atoms with Gasteiger partial charge in [-0.15, -0.1) is 0 Å². The number of rotatable bonds is 5. The van der Waals surface area contributed by atoms with Crippen molar-refractivity contribution in [3.8, 4) is 5.75 Å². The van der Waals surface area contributed by atoms with Gasteiger partial charge in [-0.05, 0) is 48.5 Å². The third-order valence-electron chi connectivity index (χ3n) is 3.04. The summed E-state index contributed by atoms with van der Waals surface area (Å²) in [6.07, 6.45) is 3.07. The lowest BCUT2D eigenvalue weighted by Crippen LogP contribution is -2.11. The SMILES string of the molecule is COc1ccc(Br)cc1/C=C/C(=O)Nc1ccc(C(N)=O)cc1. The van der Waals surface area contributed by atoms with E-state index < -0.39 is 5.91 Å². The lowest BCUT2D eigenvalue weighted by Gasteiger charge is -2.05. The van der Waals surface area contributed by atoms with E-state index >= 15 is 0 Å². The van der Waals surface area contributed by atoms with E-state index in [2.05, 4.69) is 21.2 Å². The second-order valence-electron chi connectivity index (χ2n) is 4.65. The maximum absolute atomic E-state index is 11.9. The van der Waals surface area contributed by atoms with E-state index in [0.29, 0.717) is 17.0 Å². The molecule has 0 saturated heterocycles. The molecule has 2 amide bonds. The quantitative estimate of drug-likeness (QED) is 0.788. The molecule has 0 fully saturated rings. The number of nitrogens with two attached hydrogens (primary N) is 1. The number of anilines is 1. The Labute approximate surface area is 142 Å². The molecule has 0 heterocycles. The number of nitrogens with one attached hydrogen (secondary N) is 1. The Kier molecular flexibility index (Phi) is 5.54. The number of carbonyl (C=O) groups excluding carboxylic acids is 2. The minimum Gasteiger partial charge on any atom is -0.496 e. The first kappa shape index (κ1) is 16.8. The third kappa shape index (κ3) is 4.69. The highest BCUT2D eigenvalue weighted by Gasteiger charge is 2.03. The van der Waals surface area contributed by atoms with Gasteiger partial charge in [0.2, 0.25) is 11.8 Å². The van der Waals surface area contributed by atoms with Crippen LogP contribution in [0.1, 0.15) is 15.9 Å². The van der Waals surface area contributed by atoms with Crippen molar-refractivity contribution in [3.63, 3.8) is 0 Å². The molecule has 118 valence electrons. The number of primary amides is 1. The highest BCUT2D eigenvalue weighted by atomic mass is 79.9. The first-order valence-corrected chi connectivity index (χ1v) is 7.51. The molecule has 0 saturated carbocycles. The molecule has 0 spiro atoms. The minimum atomic E-state index is -0.510. The lowest BCUT2D eigenvalue weighted by atomic mass is 10.2. The summed E-state index contributed by atoms with van der Waals surface area (Å²) in [7, 11) is 1.57. The number of halogens is 1. The number of amides is 2. The van der Waals surface area contributed by atoms with Crippen LogP contribution in [0.5, 0.6) is 5.75 Å². The molecular weight excluding hydrogens is 360 g/mol. The van der Waals surface area contributed by atoms with E-state index in [1.165, 1.54) is 6.08 Å². The highest BCUT2D eigenvalue weighted by molar-refractivity contribution is 9.10. The van der Waals surface area contributed by atoms with E-state index in [1.807, 2.05) is 18.2 Å². The molecule has 2 aromatic rings. The summed E-state index contributed by atoms with van der Waals surface area (Å²) >= 11 is 3.38. The summed E-state index contributed by atoms with van der Waals surface area (Å²) in [5.41, 5.74) is 6.90. The number of benzene rings is 2. The van der Waals surface area contributed by atoms with Crippen LogP contribution in [0.25, 0.3) is 6.08 Å². The van der Waals surface area contributed by atoms with Crippen LogP contribution in [0.2, 0.25) is 0 Å². The van der Waals surface area contributed by atoms with Gasteiger partial charge in [0.25, 0.3) is 0 Å². The second-order valence-corrected chi connectivity index (χ2v) is 5.57. The Hall–Kier alpha value is -2.60. The molecular formula is C17H15BrN2O3. The monoisotopic (exact) mass is 374 g/mol. The minimum absolute atomic E-state index is 0.293. The van der Waals surface area contributed by atoms with Crippen LogP contribution in [-0.2, 0) is 4.79 Å². The number of hydrogen-bond donors (Lipinski definition) is 2. The van der Waals surface area contributed by atoms with Crippen LogP contribution in [0.15, 0.2) is 53.0 Å². The molecule has 3 N–H and O–H groups in total. The summed E-state index contributed by atoms with van der Waals surface area (Å²) in [4.78, 5) is 22.9. The first-order valence-electron chi connectivity index (χ1n) is 6.72. The van der Waals surface area contributed by atoms with E-state index in [1.54, 1.807) is 37.5 Å². The Balaban J connectivity index is 2.07. The number of carbonyl (C=O) groups is 2. The molecule has 0 radical (unpaired) electrons. The average Bonchev–Trinajstić information content (AvgIpc) is 2.53. The molecule has 2 aromatic carbocycles. The van der Waals surface area contributed by atoms with E-state index in [4.69, 9.17) is 10.5 Å². The van der Waals surface area contributed by atoms with Gasteiger partial charge in [0.15, 0.2) is 0 Å². The average molecular weight is 375 g/mol. The lowest BCUT2D eigenvalue weighted by molar-refractivity contribution is -0.111. The maximum atomic E-state index is 11.9. The zero-order valence-corrected chi connectivity index (χ0v) is 14.0. The van der Waals surface area contributed by atoms with Gasteiger partial charge in [-0.1, -0.05) is 15.9 Å². The number of hydrogen-bond acceptors (Lipinski definition) is 3. The Morgan fingerprint density at radius 2 is 1.87 bits per heavy atom. The molecule has 0 aliphatic carbocycles. The summed E-state index contributed by atoms with van der Waals surface area (Å²) < 4.78 is 6.13. The second kappa shape index (κ2) is 7.60. The van der Waals surface area contributed by atoms with Crippen LogP contribution < -0.4 is 15.8 Å². The van der Waals surface area contributed by atoms with Gasteiger partial charge < -0.3 is 15.8 Å². The normalized spacial score (nSPS) is 10.5. The molecule has 0 atom stereocenters. The maximum Gasteiger partial charge on any atom is 0.248 e. The van der Waals surface area contributed by atoms with E-state index in [9.17, 15) is 9.59 Å². The van der Waals surface area contributed by atoms with Crippen molar-refractivity contribution < 1.29 is 14.3 Å². The Bertz CT molecular complexity index is 755. The van der Waals surface area contributed by atoms with Crippen molar-refractivity contribution in [2.24, 2.45) is 5.73 Å². The molecule has 0 aromatic heterocycles. The van der Waals surface area contributed by atoms with Crippen molar-refractivity contribution in [1.82, 2.24) is 0 Å². The third-order valence-corrected chi connectivity index (χ3v) is 3.54. The van der Waals surface area contributed by atoms with Crippen LogP contribution >= 0.6 is 15.9 Å². The van der Waals surface area contributed by atoms with Gasteiger partial charge in [0, 0.05) is 27.4 Å². The molecule has 0 bridgehead atoms. The molecule has 6 heteroatoms. The zero-order valence-electron chi connectivity index (χ0n) is 12.4. The van der Waals surface area contributed by atoms with Gasteiger partial charge in [-0.25, -0.2) is 0 Å². The molecule has 0 unspecified atom stereocenters. The molecule has 0 aliphatic heterocycles. The standard InChI is InChI=1S/C17H15BrN2O3/c1-23-15-8-5-13(18)10-12(15)4-9-16(21)20-14-6-2-11(3-7-14)17(19)22/h2-10H,1H3,(H2,19,22)(H,20,21)/b9-4+. The fraction of sp³-hybridized carbons (Fsp3) is 0.0588. The predicted octanol–water partition coefficient (Wildman–Crippen LogP) is 3.21. The summed E-state index contributed by atoms with van der Waals surface area (Å²) in [5.74, 6) is -0.133. The summed E-state index contributed by atoms with van der Waals surface area (Å²) in [6.45, 7) is 0. The van der Waals surface area contributed by atoms with Crippen LogP contribution in [0, 0.1) is 0 Å². The molecule has 23 heavy (non-hydrogen) atoms. The van der Waals surface area contributed by atoms with Crippen LogP contribution in [0.4, 0.5) is 5.69 Å². The van der Waals surface area contributed by atoms with Crippen molar-refractivity contribution in [1.29, 1.82) is 0 Å². The topological polar surface area (TPSA) is 81.4 Å². The van der Waals surface area contributed by atoms with Crippen molar-refractivity contribution >= 4 is 39.5 Å².